The second-order valence-electron chi connectivity index (χ2n) is 3.31. The molecule has 0 saturated heterocycles. The Hall–Kier alpha value is -1.72. The number of hydrogen-bond acceptors (Lipinski definition) is 5. The van der Waals surface area contributed by atoms with E-state index in [0.717, 1.165) is 0 Å². The Morgan fingerprint density at radius 3 is 2.32 bits per heavy atom. The summed E-state index contributed by atoms with van der Waals surface area (Å²) in [4.78, 5) is 10.4. The van der Waals surface area contributed by atoms with E-state index < -0.39 is 35.4 Å². The van der Waals surface area contributed by atoms with Crippen LogP contribution in [0.3, 0.4) is 0 Å². The first kappa shape index (κ1) is 13.7. The molecule has 0 spiro atoms. The van der Waals surface area contributed by atoms with Gasteiger partial charge in [0.05, 0.1) is 6.42 Å². The largest absolute Gasteiger partial charge is 0.453 e. The Labute approximate surface area is 103 Å². The van der Waals surface area contributed by atoms with Gasteiger partial charge in [0.1, 0.15) is 5.01 Å². The van der Waals surface area contributed by atoms with Gasteiger partial charge in [-0.3, -0.25) is 4.79 Å². The Kier molecular flexibility index (Phi) is 2.99. The van der Waals surface area contributed by atoms with E-state index >= 15 is 0 Å². The minimum absolute atomic E-state index is 0.268. The van der Waals surface area contributed by atoms with Crippen molar-refractivity contribution in [3.8, 4) is 0 Å². The van der Waals surface area contributed by atoms with Gasteiger partial charge in [0, 0.05) is 0 Å². The molecule has 12 heteroatoms. The van der Waals surface area contributed by atoms with Crippen LogP contribution in [0.1, 0.15) is 10.8 Å². The molecule has 0 atom stereocenters. The van der Waals surface area contributed by atoms with Gasteiger partial charge in [-0.2, -0.15) is 36.0 Å². The number of aromatic nitrogens is 4. The molecule has 0 saturated carbocycles. The van der Waals surface area contributed by atoms with Crippen molar-refractivity contribution in [3.05, 3.63) is 10.8 Å². The van der Waals surface area contributed by atoms with Crippen LogP contribution in [0.5, 0.6) is 0 Å². The number of halogens is 6. The van der Waals surface area contributed by atoms with Crippen LogP contribution in [-0.4, -0.2) is 31.8 Å². The highest BCUT2D eigenvalue weighted by atomic mass is 32.1. The number of rotatable bonds is 2. The number of fused-ring (bicyclic) bond motifs is 1. The Morgan fingerprint density at radius 1 is 1.16 bits per heavy atom. The monoisotopic (exact) mass is 304 g/mol. The molecule has 2 aromatic rings. The number of alkyl halides is 6. The minimum atomic E-state index is -5.06. The minimum Gasteiger partial charge on any atom is -0.289 e. The van der Waals surface area contributed by atoms with Gasteiger partial charge >= 0.3 is 12.4 Å². The van der Waals surface area contributed by atoms with Gasteiger partial charge in [-0.1, -0.05) is 11.3 Å². The lowest BCUT2D eigenvalue weighted by molar-refractivity contribution is -0.170. The van der Waals surface area contributed by atoms with Gasteiger partial charge in [-0.05, 0) is 0 Å². The van der Waals surface area contributed by atoms with Crippen LogP contribution in [0, 0.1) is 0 Å². The molecule has 0 N–H and O–H groups in total. The molecule has 2 rings (SSSR count). The molecule has 0 aliphatic carbocycles. The van der Waals surface area contributed by atoms with Gasteiger partial charge in [-0.25, -0.2) is 0 Å². The molecular formula is C7H2F6N4OS. The fraction of sp³-hybridized carbons (Fsp3) is 0.429. The molecular weight excluding hydrogens is 302 g/mol. The lowest BCUT2D eigenvalue weighted by Gasteiger charge is -2.02. The van der Waals surface area contributed by atoms with Crippen LogP contribution in [-0.2, 0) is 17.4 Å². The second kappa shape index (κ2) is 4.15. The SMILES string of the molecule is O=C(Cc1nn2c(C(F)(F)F)nnc2s1)C(F)(F)F. The number of carbonyl (C=O) groups is 1. The van der Waals surface area contributed by atoms with E-state index in [-0.39, 0.29) is 9.48 Å². The summed E-state index contributed by atoms with van der Waals surface area (Å²) in [5, 5.41) is 8.80. The summed E-state index contributed by atoms with van der Waals surface area (Å²) in [6.45, 7) is 0. The molecule has 0 amide bonds. The van der Waals surface area contributed by atoms with E-state index in [0.29, 0.717) is 11.3 Å². The van der Waals surface area contributed by atoms with Crippen LogP contribution < -0.4 is 0 Å². The first-order valence-electron chi connectivity index (χ1n) is 4.47. The van der Waals surface area contributed by atoms with E-state index in [9.17, 15) is 31.1 Å². The van der Waals surface area contributed by atoms with Crippen molar-refractivity contribution in [2.75, 3.05) is 0 Å². The van der Waals surface area contributed by atoms with Gasteiger partial charge < -0.3 is 0 Å². The van der Waals surface area contributed by atoms with Gasteiger partial charge in [-0.15, -0.1) is 10.2 Å². The fourth-order valence-electron chi connectivity index (χ4n) is 1.14. The predicted molar refractivity (Wildman–Crippen MR) is 48.4 cm³/mol. The van der Waals surface area contributed by atoms with Crippen molar-refractivity contribution >= 4 is 22.1 Å². The Balaban J connectivity index is 2.33. The molecule has 0 aromatic carbocycles. The van der Waals surface area contributed by atoms with Crippen molar-refractivity contribution in [2.45, 2.75) is 18.8 Å². The average molecular weight is 304 g/mol. The molecule has 0 fully saturated rings. The Bertz CT molecular complexity index is 626. The summed E-state index contributed by atoms with van der Waals surface area (Å²) in [5.41, 5.74) is 0. The molecule has 0 radical (unpaired) electrons. The summed E-state index contributed by atoms with van der Waals surface area (Å²) in [7, 11) is 0. The molecule has 2 heterocycles. The summed E-state index contributed by atoms with van der Waals surface area (Å²) in [5.74, 6) is -3.55. The molecule has 104 valence electrons. The molecule has 0 aliphatic heterocycles. The van der Waals surface area contributed by atoms with Crippen molar-refractivity contribution in [1.29, 1.82) is 0 Å². The molecule has 19 heavy (non-hydrogen) atoms. The van der Waals surface area contributed by atoms with Crippen LogP contribution in [0.25, 0.3) is 4.96 Å². The van der Waals surface area contributed by atoms with E-state index in [2.05, 4.69) is 15.3 Å². The number of Topliss-reactive ketones (excluding diaryl/α,β-unsaturated/α-hetero) is 1. The number of ketones is 1. The van der Waals surface area contributed by atoms with E-state index in [1.54, 1.807) is 0 Å². The van der Waals surface area contributed by atoms with Crippen LogP contribution >= 0.6 is 11.3 Å². The van der Waals surface area contributed by atoms with Gasteiger partial charge in [0.15, 0.2) is 0 Å². The van der Waals surface area contributed by atoms with Gasteiger partial charge in [0.2, 0.25) is 10.7 Å². The molecule has 0 unspecified atom stereocenters. The van der Waals surface area contributed by atoms with E-state index in [1.165, 1.54) is 0 Å². The van der Waals surface area contributed by atoms with Crippen LogP contribution in [0.15, 0.2) is 0 Å². The molecule has 5 nitrogen and oxygen atoms in total. The standard InChI is InChI=1S/C7H2F6N4OS/c8-6(9,10)2(18)1-3-16-17-4(7(11,12)13)14-15-5(17)19-3/h1H2. The Morgan fingerprint density at radius 2 is 1.79 bits per heavy atom. The predicted octanol–water partition coefficient (Wildman–Crippen LogP) is 1.88. The summed E-state index contributed by atoms with van der Waals surface area (Å²) in [6, 6.07) is 0. The fourth-order valence-corrected chi connectivity index (χ4v) is 1.97. The normalized spacial score (nSPS) is 13.2. The van der Waals surface area contributed by atoms with Crippen molar-refractivity contribution in [2.24, 2.45) is 0 Å². The first-order valence-corrected chi connectivity index (χ1v) is 5.29. The van der Waals surface area contributed by atoms with Crippen molar-refractivity contribution in [3.63, 3.8) is 0 Å². The lowest BCUT2D eigenvalue weighted by atomic mass is 10.3. The molecule has 2 aromatic heterocycles. The maximum absolute atomic E-state index is 12.4. The van der Waals surface area contributed by atoms with E-state index in [1.807, 2.05) is 0 Å². The maximum atomic E-state index is 12.4. The molecule has 0 aliphatic rings. The van der Waals surface area contributed by atoms with Crippen molar-refractivity contribution in [1.82, 2.24) is 19.8 Å². The zero-order valence-corrected chi connectivity index (χ0v) is 9.40. The highest BCUT2D eigenvalue weighted by molar-refractivity contribution is 7.16. The number of nitrogens with zero attached hydrogens (tertiary/aromatic N) is 4. The highest BCUT2D eigenvalue weighted by Gasteiger charge is 2.40. The quantitative estimate of drug-likeness (QED) is 0.795. The second-order valence-corrected chi connectivity index (χ2v) is 4.35. The maximum Gasteiger partial charge on any atom is 0.453 e. The smallest absolute Gasteiger partial charge is 0.289 e. The first-order chi connectivity index (χ1) is 8.59. The lowest BCUT2D eigenvalue weighted by Crippen LogP contribution is -2.24. The van der Waals surface area contributed by atoms with Crippen molar-refractivity contribution < 1.29 is 31.1 Å². The average Bonchev–Trinajstić information content (AvgIpc) is 2.72. The highest BCUT2D eigenvalue weighted by Crippen LogP contribution is 2.29. The van der Waals surface area contributed by atoms with Crippen LogP contribution in [0.4, 0.5) is 26.3 Å². The summed E-state index contributed by atoms with van der Waals surface area (Å²) < 4.78 is 73.5. The topological polar surface area (TPSA) is 60.2 Å². The summed E-state index contributed by atoms with van der Waals surface area (Å²) in [6.07, 6.45) is -11.0. The van der Waals surface area contributed by atoms with E-state index in [4.69, 9.17) is 0 Å². The zero-order chi connectivity index (χ0) is 14.4. The van der Waals surface area contributed by atoms with Crippen LogP contribution in [0.2, 0.25) is 0 Å². The zero-order valence-electron chi connectivity index (χ0n) is 8.58. The third kappa shape index (κ3) is 2.67. The molecule has 0 bridgehead atoms. The third-order valence-electron chi connectivity index (χ3n) is 1.91. The number of carbonyl (C=O) groups excluding carboxylic acids is 1. The number of hydrogen-bond donors (Lipinski definition) is 0. The third-order valence-corrected chi connectivity index (χ3v) is 2.81. The summed E-state index contributed by atoms with van der Waals surface area (Å²) >= 11 is 0.436. The van der Waals surface area contributed by atoms with Gasteiger partial charge in [0.25, 0.3) is 5.82 Å².